The van der Waals surface area contributed by atoms with E-state index in [1.165, 1.54) is 29.2 Å². The molecular formula is C25H22F2N6O4. The molecule has 10 nitrogen and oxygen atoms in total. The van der Waals surface area contributed by atoms with Crippen molar-refractivity contribution in [2.45, 2.75) is 25.7 Å². The summed E-state index contributed by atoms with van der Waals surface area (Å²) in [6.45, 7) is -0.199. The number of ether oxygens (including phenoxy) is 2. The molecule has 2 amide bonds. The van der Waals surface area contributed by atoms with Crippen LogP contribution in [0.5, 0.6) is 11.5 Å². The number of benzene rings is 2. The van der Waals surface area contributed by atoms with E-state index in [4.69, 9.17) is 10.5 Å². The molecule has 2 aliphatic rings. The Morgan fingerprint density at radius 1 is 1.19 bits per heavy atom. The monoisotopic (exact) mass is 508 g/mol. The molecule has 4 aromatic rings. The number of halogens is 2. The summed E-state index contributed by atoms with van der Waals surface area (Å²) in [7, 11) is 3.26. The van der Waals surface area contributed by atoms with Crippen LogP contribution in [0.25, 0.3) is 21.8 Å². The van der Waals surface area contributed by atoms with Crippen LogP contribution in [0, 0.1) is 5.92 Å². The number of anilines is 1. The van der Waals surface area contributed by atoms with Crippen molar-refractivity contribution < 1.29 is 27.8 Å². The van der Waals surface area contributed by atoms with Gasteiger partial charge in [-0.25, -0.2) is 9.99 Å². The minimum atomic E-state index is -3.81. The summed E-state index contributed by atoms with van der Waals surface area (Å²) in [6, 6.07) is 9.35. The quantitative estimate of drug-likeness (QED) is 0.420. The molecule has 1 aliphatic heterocycles. The third-order valence-electron chi connectivity index (χ3n) is 6.63. The Kier molecular flexibility index (Phi) is 4.97. The van der Waals surface area contributed by atoms with E-state index in [1.54, 1.807) is 42.2 Å². The maximum atomic E-state index is 13.9. The third kappa shape index (κ3) is 3.85. The molecule has 1 fully saturated rings. The summed E-state index contributed by atoms with van der Waals surface area (Å²) in [4.78, 5) is 31.3. The van der Waals surface area contributed by atoms with Gasteiger partial charge in [-0.2, -0.15) is 5.10 Å². The van der Waals surface area contributed by atoms with Gasteiger partial charge in [0.05, 0.1) is 29.2 Å². The van der Waals surface area contributed by atoms with Crippen LogP contribution in [0.1, 0.15) is 28.8 Å². The zero-order valence-corrected chi connectivity index (χ0v) is 19.9. The lowest BCUT2D eigenvalue weighted by Gasteiger charge is -2.32. The zero-order chi connectivity index (χ0) is 26.1. The largest absolute Gasteiger partial charge is 0.586 e. The number of hydrogen-bond acceptors (Lipinski definition) is 7. The molecule has 2 aromatic carbocycles. The lowest BCUT2D eigenvalue weighted by molar-refractivity contribution is -0.287. The van der Waals surface area contributed by atoms with Crippen LogP contribution in [-0.2, 0) is 18.4 Å². The van der Waals surface area contributed by atoms with Crippen molar-refractivity contribution in [3.8, 4) is 11.5 Å². The fraction of sp³-hybridized carbons (Fsp3) is 0.280. The molecule has 3 heterocycles. The number of rotatable bonds is 4. The van der Waals surface area contributed by atoms with Crippen LogP contribution >= 0.6 is 0 Å². The molecule has 1 aliphatic carbocycles. The third-order valence-corrected chi connectivity index (χ3v) is 6.63. The van der Waals surface area contributed by atoms with E-state index in [0.29, 0.717) is 27.6 Å². The summed E-state index contributed by atoms with van der Waals surface area (Å²) in [6.07, 6.45) is -0.744. The molecule has 0 spiro atoms. The molecule has 0 saturated heterocycles. The Morgan fingerprint density at radius 2 is 1.97 bits per heavy atom. The molecule has 6 rings (SSSR count). The van der Waals surface area contributed by atoms with Gasteiger partial charge in [-0.3, -0.25) is 19.3 Å². The number of carbonyl (C=O) groups is 2. The maximum Gasteiger partial charge on any atom is 0.586 e. The number of fused-ring (bicyclic) bond motifs is 4. The van der Waals surface area contributed by atoms with Crippen molar-refractivity contribution in [3.05, 3.63) is 53.7 Å². The van der Waals surface area contributed by atoms with E-state index in [0.717, 1.165) is 12.8 Å². The first-order chi connectivity index (χ1) is 17.6. The molecule has 0 bridgehead atoms. The summed E-state index contributed by atoms with van der Waals surface area (Å²) in [5, 5.41) is 8.03. The zero-order valence-electron chi connectivity index (χ0n) is 19.9. The summed E-state index contributed by atoms with van der Waals surface area (Å²) in [5.74, 6) is -0.903. The number of hydrogen-bond donors (Lipinski definition) is 1. The van der Waals surface area contributed by atoms with Gasteiger partial charge in [-0.1, -0.05) is 12.1 Å². The van der Waals surface area contributed by atoms with Gasteiger partial charge >= 0.3 is 6.29 Å². The number of nitrogen functional groups attached to an aromatic ring is 1. The highest BCUT2D eigenvalue weighted by Gasteiger charge is 2.45. The van der Waals surface area contributed by atoms with Gasteiger partial charge in [0.25, 0.3) is 5.91 Å². The van der Waals surface area contributed by atoms with Crippen LogP contribution in [0.2, 0.25) is 0 Å². The number of nitrogens with two attached hydrogens (primary N) is 1. The Labute approximate surface area is 209 Å². The molecule has 12 heteroatoms. The SMILES string of the molecule is CN(C(=O)C1CC1)N(Cc1cccc2c1OC(F)(F)O2)C(=O)c1ccc2nc(N)c3cnn(C)c3c2c1. The van der Waals surface area contributed by atoms with E-state index in [-0.39, 0.29) is 41.0 Å². The second kappa shape index (κ2) is 8.02. The average Bonchev–Trinajstić information content (AvgIpc) is 3.56. The number of hydrazine groups is 1. The molecule has 2 N–H and O–H groups in total. The van der Waals surface area contributed by atoms with Gasteiger partial charge in [-0.15, -0.1) is 8.78 Å². The molecule has 0 radical (unpaired) electrons. The molecule has 1 saturated carbocycles. The number of para-hydroxylation sites is 1. The maximum absolute atomic E-state index is 13.9. The van der Waals surface area contributed by atoms with Gasteiger partial charge < -0.3 is 15.2 Å². The number of amides is 2. The molecular weight excluding hydrogens is 486 g/mol. The fourth-order valence-electron chi connectivity index (χ4n) is 4.58. The lowest BCUT2D eigenvalue weighted by atomic mass is 10.1. The lowest BCUT2D eigenvalue weighted by Crippen LogP contribution is -2.47. The second-order valence-electron chi connectivity index (χ2n) is 9.17. The summed E-state index contributed by atoms with van der Waals surface area (Å²) >= 11 is 0. The molecule has 190 valence electrons. The van der Waals surface area contributed by atoms with E-state index in [1.807, 2.05) is 0 Å². The Bertz CT molecular complexity index is 1600. The first-order valence-electron chi connectivity index (χ1n) is 11.6. The Morgan fingerprint density at radius 3 is 2.73 bits per heavy atom. The highest BCUT2D eigenvalue weighted by molar-refractivity contribution is 6.10. The smallest absolute Gasteiger partial charge is 0.395 e. The summed E-state index contributed by atoms with van der Waals surface area (Å²) < 4.78 is 38.5. The van der Waals surface area contributed by atoms with E-state index in [2.05, 4.69) is 14.8 Å². The molecule has 0 atom stereocenters. The standard InChI is InChI=1S/C25H22F2N6O4/c1-31-20-16-10-14(8-9-18(16)30-22(28)17(20)11-29-31)24(35)33(32(2)23(34)13-6-7-13)12-15-4-3-5-19-21(15)37-25(26,27)36-19/h3-5,8-11,13H,6-7,12H2,1-2H3,(H2,28,30). The van der Waals surface area contributed by atoms with Crippen LogP contribution in [0.15, 0.2) is 42.6 Å². The Hall–Kier alpha value is -4.48. The van der Waals surface area contributed by atoms with Crippen molar-refractivity contribution in [1.29, 1.82) is 0 Å². The number of aryl methyl sites for hydroxylation is 1. The number of aromatic nitrogens is 3. The van der Waals surface area contributed by atoms with Crippen LogP contribution < -0.4 is 15.2 Å². The predicted molar refractivity (Wildman–Crippen MR) is 128 cm³/mol. The van der Waals surface area contributed by atoms with E-state index in [9.17, 15) is 18.4 Å². The highest BCUT2D eigenvalue weighted by Crippen LogP contribution is 2.44. The summed E-state index contributed by atoms with van der Waals surface area (Å²) in [5.41, 5.74) is 7.90. The fourth-order valence-corrected chi connectivity index (χ4v) is 4.58. The number of nitrogens with zero attached hydrogens (tertiary/aromatic N) is 5. The Balaban J connectivity index is 1.42. The second-order valence-corrected chi connectivity index (χ2v) is 9.17. The predicted octanol–water partition coefficient (Wildman–Crippen LogP) is 3.45. The highest BCUT2D eigenvalue weighted by atomic mass is 19.3. The minimum Gasteiger partial charge on any atom is -0.395 e. The van der Waals surface area contributed by atoms with Gasteiger partial charge in [0.15, 0.2) is 11.5 Å². The first-order valence-corrected chi connectivity index (χ1v) is 11.6. The van der Waals surface area contributed by atoms with Crippen molar-refractivity contribution in [2.24, 2.45) is 13.0 Å². The first kappa shape index (κ1) is 23.0. The van der Waals surface area contributed by atoms with Crippen LogP contribution in [0.4, 0.5) is 14.6 Å². The van der Waals surface area contributed by atoms with Gasteiger partial charge in [0, 0.05) is 36.5 Å². The molecule has 2 aromatic heterocycles. The van der Waals surface area contributed by atoms with Crippen molar-refractivity contribution >= 4 is 39.4 Å². The van der Waals surface area contributed by atoms with Gasteiger partial charge in [-0.05, 0) is 37.1 Å². The van der Waals surface area contributed by atoms with Crippen molar-refractivity contribution in [1.82, 2.24) is 24.8 Å². The normalized spacial score (nSPS) is 15.8. The minimum absolute atomic E-state index is 0.140. The number of pyridine rings is 1. The van der Waals surface area contributed by atoms with Gasteiger partial charge in [0.2, 0.25) is 5.91 Å². The topological polar surface area (TPSA) is 116 Å². The average molecular weight is 508 g/mol. The number of alkyl halides is 2. The van der Waals surface area contributed by atoms with Gasteiger partial charge in [0.1, 0.15) is 5.82 Å². The molecule has 37 heavy (non-hydrogen) atoms. The van der Waals surface area contributed by atoms with E-state index >= 15 is 0 Å². The van der Waals surface area contributed by atoms with Crippen molar-refractivity contribution in [3.63, 3.8) is 0 Å². The van der Waals surface area contributed by atoms with Crippen molar-refractivity contribution in [2.75, 3.05) is 12.8 Å². The van der Waals surface area contributed by atoms with E-state index < -0.39 is 12.2 Å². The van der Waals surface area contributed by atoms with Crippen LogP contribution in [0.3, 0.4) is 0 Å². The number of carbonyl (C=O) groups excluding carboxylic acids is 2. The molecule has 0 unspecified atom stereocenters. The van der Waals surface area contributed by atoms with Crippen LogP contribution in [-0.4, -0.2) is 49.9 Å².